The Kier molecular flexibility index (Phi) is 7.02. The summed E-state index contributed by atoms with van der Waals surface area (Å²) in [6.45, 7) is 0.491. The van der Waals surface area contributed by atoms with Gasteiger partial charge in [-0.15, -0.1) is 12.4 Å². The Balaban J connectivity index is 0.00000225. The molecule has 0 saturated carbocycles. The zero-order valence-electron chi connectivity index (χ0n) is 15.9. The van der Waals surface area contributed by atoms with E-state index in [0.29, 0.717) is 30.3 Å². The molecule has 2 aliphatic rings. The smallest absolute Gasteiger partial charge is 0.251 e. The number of ether oxygens (including phenoxy) is 1. The van der Waals surface area contributed by atoms with Crippen LogP contribution in [0.4, 0.5) is 0 Å². The van der Waals surface area contributed by atoms with Gasteiger partial charge in [0, 0.05) is 28.7 Å². The quantitative estimate of drug-likeness (QED) is 0.689. The number of nitrogens with one attached hydrogen (secondary N) is 1. The number of rotatable bonds is 5. The molecule has 0 radical (unpaired) electrons. The number of fused-ring (bicyclic) bond motifs is 2. The molecule has 0 spiro atoms. The van der Waals surface area contributed by atoms with Crippen LogP contribution in [0.15, 0.2) is 53.0 Å². The molecular weight excluding hydrogens is 440 g/mol. The Labute approximate surface area is 181 Å². The number of carbonyl (C=O) groups is 1. The van der Waals surface area contributed by atoms with Crippen molar-refractivity contribution in [2.45, 2.75) is 50.4 Å². The standard InChI is InChI=1S/C22H25BrN2O2.ClH/c1-25-18-9-10-19(25)13-21(12-18)27-20-4-2-3-15(11-20)14-24-22(26)16-5-7-17(23)8-6-16;/h2-8,11,18-19,21H,9-10,12-14H2,1H3,(H,24,26);1H. The molecule has 28 heavy (non-hydrogen) atoms. The summed E-state index contributed by atoms with van der Waals surface area (Å²) in [5.74, 6) is 0.833. The van der Waals surface area contributed by atoms with E-state index in [1.165, 1.54) is 12.8 Å². The van der Waals surface area contributed by atoms with E-state index in [-0.39, 0.29) is 18.3 Å². The molecule has 6 heteroatoms. The number of hydrogen-bond acceptors (Lipinski definition) is 3. The van der Waals surface area contributed by atoms with Crippen molar-refractivity contribution in [2.75, 3.05) is 7.05 Å². The third-order valence-corrected chi connectivity index (χ3v) is 6.34. The first-order valence-electron chi connectivity index (χ1n) is 9.60. The Morgan fingerprint density at radius 3 is 2.50 bits per heavy atom. The first-order chi connectivity index (χ1) is 13.1. The number of benzene rings is 2. The lowest BCUT2D eigenvalue weighted by atomic mass is 10.0. The van der Waals surface area contributed by atoms with E-state index in [0.717, 1.165) is 28.6 Å². The molecule has 2 heterocycles. The second-order valence-electron chi connectivity index (χ2n) is 7.60. The number of piperidine rings is 1. The average Bonchev–Trinajstić information content (AvgIpc) is 2.88. The second-order valence-corrected chi connectivity index (χ2v) is 8.51. The van der Waals surface area contributed by atoms with Gasteiger partial charge in [-0.3, -0.25) is 4.79 Å². The highest BCUT2D eigenvalue weighted by molar-refractivity contribution is 9.10. The molecule has 0 aliphatic carbocycles. The molecule has 2 fully saturated rings. The lowest BCUT2D eigenvalue weighted by Gasteiger charge is -2.36. The van der Waals surface area contributed by atoms with Crippen molar-refractivity contribution in [3.8, 4) is 5.75 Å². The zero-order chi connectivity index (χ0) is 18.8. The topological polar surface area (TPSA) is 41.6 Å². The molecule has 2 saturated heterocycles. The molecule has 2 aromatic rings. The Bertz CT molecular complexity index is 800. The van der Waals surface area contributed by atoms with Gasteiger partial charge in [0.05, 0.1) is 0 Å². The molecular formula is C22H26BrClN2O2. The number of carbonyl (C=O) groups excluding carboxylic acids is 1. The molecule has 2 aromatic carbocycles. The van der Waals surface area contributed by atoms with E-state index >= 15 is 0 Å². The third-order valence-electron chi connectivity index (χ3n) is 5.82. The van der Waals surface area contributed by atoms with E-state index in [9.17, 15) is 4.79 Å². The average molecular weight is 466 g/mol. The van der Waals surface area contributed by atoms with E-state index < -0.39 is 0 Å². The molecule has 2 bridgehead atoms. The Hall–Kier alpha value is -1.56. The van der Waals surface area contributed by atoms with Gasteiger partial charge in [0.15, 0.2) is 0 Å². The molecule has 4 rings (SSSR count). The lowest BCUT2D eigenvalue weighted by molar-refractivity contribution is 0.0661. The summed E-state index contributed by atoms with van der Waals surface area (Å²) in [5.41, 5.74) is 1.71. The largest absolute Gasteiger partial charge is 0.490 e. The third kappa shape index (κ3) is 4.88. The van der Waals surface area contributed by atoms with Crippen LogP contribution in [0.1, 0.15) is 41.6 Å². The summed E-state index contributed by atoms with van der Waals surface area (Å²) >= 11 is 3.39. The van der Waals surface area contributed by atoms with Crippen molar-refractivity contribution in [1.29, 1.82) is 0 Å². The van der Waals surface area contributed by atoms with Crippen molar-refractivity contribution in [3.63, 3.8) is 0 Å². The van der Waals surface area contributed by atoms with Gasteiger partial charge in [-0.25, -0.2) is 0 Å². The van der Waals surface area contributed by atoms with E-state index in [4.69, 9.17) is 4.74 Å². The molecule has 2 aliphatic heterocycles. The summed E-state index contributed by atoms with van der Waals surface area (Å²) in [6.07, 6.45) is 5.10. The van der Waals surface area contributed by atoms with Crippen LogP contribution in [-0.4, -0.2) is 36.0 Å². The minimum absolute atomic E-state index is 0. The van der Waals surface area contributed by atoms with Crippen molar-refractivity contribution in [3.05, 3.63) is 64.1 Å². The maximum absolute atomic E-state index is 12.3. The predicted octanol–water partition coefficient (Wildman–Crippen LogP) is 4.80. The lowest BCUT2D eigenvalue weighted by Crippen LogP contribution is -2.43. The molecule has 1 N–H and O–H groups in total. The Morgan fingerprint density at radius 1 is 1.14 bits per heavy atom. The summed E-state index contributed by atoms with van der Waals surface area (Å²) in [5, 5.41) is 2.98. The zero-order valence-corrected chi connectivity index (χ0v) is 18.3. The van der Waals surface area contributed by atoms with Crippen LogP contribution in [0.5, 0.6) is 5.75 Å². The van der Waals surface area contributed by atoms with Crippen molar-refractivity contribution in [2.24, 2.45) is 0 Å². The van der Waals surface area contributed by atoms with Gasteiger partial charge in [0.1, 0.15) is 11.9 Å². The number of nitrogens with zero attached hydrogens (tertiary/aromatic N) is 1. The summed E-state index contributed by atoms with van der Waals surface area (Å²) in [4.78, 5) is 14.8. The maximum Gasteiger partial charge on any atom is 0.251 e. The predicted molar refractivity (Wildman–Crippen MR) is 117 cm³/mol. The normalized spacial score (nSPS) is 23.7. The van der Waals surface area contributed by atoms with Gasteiger partial charge in [-0.05, 0) is 74.7 Å². The summed E-state index contributed by atoms with van der Waals surface area (Å²) in [7, 11) is 2.24. The van der Waals surface area contributed by atoms with E-state index in [2.05, 4.69) is 33.2 Å². The highest BCUT2D eigenvalue weighted by atomic mass is 79.9. The summed E-state index contributed by atoms with van der Waals surface area (Å²) in [6, 6.07) is 16.8. The minimum atomic E-state index is -0.0688. The second kappa shape index (κ2) is 9.29. The first-order valence-corrected chi connectivity index (χ1v) is 10.4. The monoisotopic (exact) mass is 464 g/mol. The van der Waals surface area contributed by atoms with Crippen LogP contribution in [0.2, 0.25) is 0 Å². The first kappa shape index (κ1) is 21.2. The van der Waals surface area contributed by atoms with E-state index in [1.54, 1.807) is 0 Å². The minimum Gasteiger partial charge on any atom is -0.490 e. The van der Waals surface area contributed by atoms with Crippen LogP contribution >= 0.6 is 28.3 Å². The van der Waals surface area contributed by atoms with Crippen LogP contribution in [0, 0.1) is 0 Å². The number of amides is 1. The van der Waals surface area contributed by atoms with Gasteiger partial charge in [-0.1, -0.05) is 28.1 Å². The van der Waals surface area contributed by atoms with Gasteiger partial charge in [0.25, 0.3) is 5.91 Å². The van der Waals surface area contributed by atoms with Gasteiger partial charge in [0.2, 0.25) is 0 Å². The van der Waals surface area contributed by atoms with Gasteiger partial charge < -0.3 is 15.0 Å². The van der Waals surface area contributed by atoms with Crippen LogP contribution in [0.3, 0.4) is 0 Å². The van der Waals surface area contributed by atoms with Crippen LogP contribution in [0.25, 0.3) is 0 Å². The SMILES string of the molecule is CN1C2CCC1CC(Oc1cccc(CNC(=O)c3ccc(Br)cc3)c1)C2.Cl. The number of hydrogen-bond donors (Lipinski definition) is 1. The Morgan fingerprint density at radius 2 is 1.82 bits per heavy atom. The molecule has 0 aromatic heterocycles. The van der Waals surface area contributed by atoms with Crippen molar-refractivity contribution in [1.82, 2.24) is 10.2 Å². The van der Waals surface area contributed by atoms with E-state index in [1.807, 2.05) is 48.5 Å². The summed E-state index contributed by atoms with van der Waals surface area (Å²) < 4.78 is 7.25. The fourth-order valence-electron chi connectivity index (χ4n) is 4.26. The van der Waals surface area contributed by atoms with Gasteiger partial charge >= 0.3 is 0 Å². The van der Waals surface area contributed by atoms with Crippen LogP contribution < -0.4 is 10.1 Å². The molecule has 150 valence electrons. The van der Waals surface area contributed by atoms with Crippen molar-refractivity contribution < 1.29 is 9.53 Å². The van der Waals surface area contributed by atoms with Crippen LogP contribution in [-0.2, 0) is 6.54 Å². The van der Waals surface area contributed by atoms with Crippen molar-refractivity contribution >= 4 is 34.2 Å². The number of halogens is 2. The fraction of sp³-hybridized carbons (Fsp3) is 0.409. The maximum atomic E-state index is 12.3. The molecule has 4 nitrogen and oxygen atoms in total. The molecule has 2 atom stereocenters. The molecule has 1 amide bonds. The molecule has 2 unspecified atom stereocenters. The highest BCUT2D eigenvalue weighted by Gasteiger charge is 2.39. The van der Waals surface area contributed by atoms with Gasteiger partial charge in [-0.2, -0.15) is 0 Å². The fourth-order valence-corrected chi connectivity index (χ4v) is 4.53. The highest BCUT2D eigenvalue weighted by Crippen LogP contribution is 2.36.